The molecule has 1 amide bonds. The van der Waals surface area contributed by atoms with Gasteiger partial charge in [0.15, 0.2) is 5.96 Å². The zero-order valence-electron chi connectivity index (χ0n) is 16.5. The number of aromatic nitrogens is 1. The van der Waals surface area contributed by atoms with Crippen molar-refractivity contribution in [2.45, 2.75) is 52.5 Å². The predicted octanol–water partition coefficient (Wildman–Crippen LogP) is 3.04. The second-order valence-electron chi connectivity index (χ2n) is 6.19. The number of piperidine rings is 1. The summed E-state index contributed by atoms with van der Waals surface area (Å²) < 4.78 is 5.07. The largest absolute Gasteiger partial charge is 0.450 e. The molecule has 0 bridgehead atoms. The Bertz CT molecular complexity index is 588. The molecule has 7 nitrogen and oxygen atoms in total. The summed E-state index contributed by atoms with van der Waals surface area (Å²) in [6, 6.07) is 0.324. The summed E-state index contributed by atoms with van der Waals surface area (Å²) in [4.78, 5) is 24.0. The van der Waals surface area contributed by atoms with Crippen molar-refractivity contribution in [2.24, 2.45) is 4.99 Å². The molecule has 2 N–H and O–H groups in total. The van der Waals surface area contributed by atoms with E-state index in [-0.39, 0.29) is 30.1 Å². The number of carbonyl (C=O) groups is 1. The highest BCUT2D eigenvalue weighted by Crippen LogP contribution is 2.14. The van der Waals surface area contributed by atoms with Crippen LogP contribution in [0.5, 0.6) is 0 Å². The number of amides is 1. The van der Waals surface area contributed by atoms with E-state index in [2.05, 4.69) is 34.5 Å². The van der Waals surface area contributed by atoms with Crippen molar-refractivity contribution in [2.75, 3.05) is 32.8 Å². The topological polar surface area (TPSA) is 78.9 Å². The van der Waals surface area contributed by atoms with Crippen LogP contribution in [0.2, 0.25) is 0 Å². The molecule has 2 heterocycles. The highest BCUT2D eigenvalue weighted by Gasteiger charge is 2.23. The lowest BCUT2D eigenvalue weighted by Gasteiger charge is -2.32. The number of halogens is 1. The molecule has 2 rings (SSSR count). The van der Waals surface area contributed by atoms with Gasteiger partial charge in [-0.15, -0.1) is 35.3 Å². The Labute approximate surface area is 183 Å². The van der Waals surface area contributed by atoms with Crippen molar-refractivity contribution in [1.29, 1.82) is 0 Å². The Morgan fingerprint density at radius 1 is 1.37 bits per heavy atom. The number of thiazole rings is 1. The zero-order chi connectivity index (χ0) is 18.8. The maximum atomic E-state index is 11.8. The number of hydrogen-bond acceptors (Lipinski definition) is 5. The van der Waals surface area contributed by atoms with E-state index in [1.165, 1.54) is 4.88 Å². The van der Waals surface area contributed by atoms with E-state index in [9.17, 15) is 4.79 Å². The van der Waals surface area contributed by atoms with Gasteiger partial charge in [-0.25, -0.2) is 9.78 Å². The Balaban J connectivity index is 0.00000364. The number of guanidine groups is 1. The fourth-order valence-electron chi connectivity index (χ4n) is 2.82. The molecule has 9 heteroatoms. The minimum atomic E-state index is -0.207. The van der Waals surface area contributed by atoms with Gasteiger partial charge < -0.3 is 20.3 Å². The van der Waals surface area contributed by atoms with Crippen LogP contribution in [-0.2, 0) is 17.6 Å². The van der Waals surface area contributed by atoms with Crippen LogP contribution in [0, 0.1) is 0 Å². The summed E-state index contributed by atoms with van der Waals surface area (Å²) in [5.41, 5.74) is 0. The molecule has 1 aromatic rings. The molecule has 0 radical (unpaired) electrons. The van der Waals surface area contributed by atoms with Gasteiger partial charge in [-0.2, -0.15) is 0 Å². The lowest BCUT2D eigenvalue weighted by molar-refractivity contribution is 0.0963. The fourth-order valence-corrected chi connectivity index (χ4v) is 3.68. The minimum absolute atomic E-state index is 0. The average Bonchev–Trinajstić information content (AvgIpc) is 3.10. The summed E-state index contributed by atoms with van der Waals surface area (Å²) in [6.45, 7) is 9.44. The summed E-state index contributed by atoms with van der Waals surface area (Å²) >= 11 is 1.77. The Hall–Kier alpha value is -1.10. The average molecular weight is 509 g/mol. The summed E-state index contributed by atoms with van der Waals surface area (Å²) in [6.07, 6.45) is 5.45. The third-order valence-electron chi connectivity index (χ3n) is 4.25. The number of carbonyl (C=O) groups excluding carboxylic acids is 1. The number of aliphatic imine (C=N–C) groups is 1. The number of nitrogens with zero attached hydrogens (tertiary/aromatic N) is 3. The van der Waals surface area contributed by atoms with Crippen LogP contribution < -0.4 is 10.6 Å². The molecule has 154 valence electrons. The zero-order valence-corrected chi connectivity index (χ0v) is 19.6. The van der Waals surface area contributed by atoms with Gasteiger partial charge in [-0.3, -0.25) is 4.99 Å². The molecule has 1 saturated heterocycles. The van der Waals surface area contributed by atoms with Crippen molar-refractivity contribution in [1.82, 2.24) is 20.5 Å². The normalized spacial score (nSPS) is 15.2. The molecule has 1 aromatic heterocycles. The van der Waals surface area contributed by atoms with Gasteiger partial charge in [-0.1, -0.05) is 6.92 Å². The molecule has 27 heavy (non-hydrogen) atoms. The highest BCUT2D eigenvalue weighted by molar-refractivity contribution is 14.0. The van der Waals surface area contributed by atoms with Gasteiger partial charge in [-0.05, 0) is 33.1 Å². The molecule has 0 aliphatic carbocycles. The van der Waals surface area contributed by atoms with Crippen LogP contribution in [-0.4, -0.2) is 60.8 Å². The first-order valence-corrected chi connectivity index (χ1v) is 10.4. The maximum absolute atomic E-state index is 11.8. The monoisotopic (exact) mass is 509 g/mol. The van der Waals surface area contributed by atoms with Gasteiger partial charge in [0.05, 0.1) is 11.6 Å². The van der Waals surface area contributed by atoms with Gasteiger partial charge >= 0.3 is 6.09 Å². The van der Waals surface area contributed by atoms with Gasteiger partial charge in [0.1, 0.15) is 0 Å². The van der Waals surface area contributed by atoms with E-state index in [0.717, 1.165) is 56.3 Å². The third kappa shape index (κ3) is 8.20. The second kappa shape index (κ2) is 13.1. The van der Waals surface area contributed by atoms with Crippen molar-refractivity contribution in [3.63, 3.8) is 0 Å². The van der Waals surface area contributed by atoms with Gasteiger partial charge in [0, 0.05) is 49.7 Å². The Morgan fingerprint density at radius 3 is 2.70 bits per heavy atom. The van der Waals surface area contributed by atoms with E-state index in [1.54, 1.807) is 16.2 Å². The molecule has 0 unspecified atom stereocenters. The van der Waals surface area contributed by atoms with E-state index in [4.69, 9.17) is 4.74 Å². The number of hydrogen-bond donors (Lipinski definition) is 2. The van der Waals surface area contributed by atoms with E-state index in [0.29, 0.717) is 19.2 Å². The molecule has 1 aliphatic heterocycles. The predicted molar refractivity (Wildman–Crippen MR) is 121 cm³/mol. The lowest BCUT2D eigenvalue weighted by Crippen LogP contribution is -2.50. The van der Waals surface area contributed by atoms with Crippen molar-refractivity contribution in [3.05, 3.63) is 16.1 Å². The Morgan fingerprint density at radius 2 is 2.11 bits per heavy atom. The minimum Gasteiger partial charge on any atom is -0.450 e. The molecular weight excluding hydrogens is 477 g/mol. The Kier molecular flexibility index (Phi) is 11.7. The fraction of sp³-hybridized carbons (Fsp3) is 0.722. The molecular formula is C18H32IN5O2S. The first-order chi connectivity index (χ1) is 12.7. The number of nitrogens with one attached hydrogen (secondary N) is 2. The van der Waals surface area contributed by atoms with Crippen LogP contribution in [0.15, 0.2) is 11.2 Å². The molecule has 0 aromatic carbocycles. The van der Waals surface area contributed by atoms with Crippen LogP contribution in [0.25, 0.3) is 0 Å². The molecule has 0 spiro atoms. The number of rotatable bonds is 7. The summed E-state index contributed by atoms with van der Waals surface area (Å²) in [7, 11) is 0. The van der Waals surface area contributed by atoms with E-state index >= 15 is 0 Å². The molecule has 1 fully saturated rings. The number of likely N-dealkylation sites (tertiary alicyclic amines) is 1. The highest BCUT2D eigenvalue weighted by atomic mass is 127. The van der Waals surface area contributed by atoms with Crippen LogP contribution in [0.3, 0.4) is 0 Å². The second-order valence-corrected chi connectivity index (χ2v) is 7.39. The SMILES string of the molecule is CCNC(=NCCc1ncc(CC)s1)NC1CCN(C(=O)OCC)CC1.I. The molecule has 0 saturated carbocycles. The molecule has 1 aliphatic rings. The van der Waals surface area contributed by atoms with E-state index in [1.807, 2.05) is 13.1 Å². The van der Waals surface area contributed by atoms with Gasteiger partial charge in [0.2, 0.25) is 0 Å². The van der Waals surface area contributed by atoms with Crippen molar-refractivity contribution < 1.29 is 9.53 Å². The summed E-state index contributed by atoms with van der Waals surface area (Å²) in [5, 5.41) is 7.94. The van der Waals surface area contributed by atoms with Crippen LogP contribution in [0.1, 0.15) is 43.5 Å². The first-order valence-electron chi connectivity index (χ1n) is 9.56. The quantitative estimate of drug-likeness (QED) is 0.336. The van der Waals surface area contributed by atoms with Crippen LogP contribution >= 0.6 is 35.3 Å². The summed E-state index contributed by atoms with van der Waals surface area (Å²) in [5.74, 6) is 0.842. The van der Waals surface area contributed by atoms with E-state index < -0.39 is 0 Å². The smallest absolute Gasteiger partial charge is 0.409 e. The van der Waals surface area contributed by atoms with Crippen molar-refractivity contribution in [3.8, 4) is 0 Å². The number of ether oxygens (including phenoxy) is 1. The van der Waals surface area contributed by atoms with Gasteiger partial charge in [0.25, 0.3) is 0 Å². The lowest BCUT2D eigenvalue weighted by atomic mass is 10.1. The standard InChI is InChI=1S/C18H31N5O2S.HI/c1-4-15-13-21-16(26-15)7-10-20-17(19-5-2)22-14-8-11-23(12-9-14)18(24)25-6-3;/h13-14H,4-12H2,1-3H3,(H2,19,20,22);1H. The maximum Gasteiger partial charge on any atom is 0.409 e. The third-order valence-corrected chi connectivity index (χ3v) is 5.45. The van der Waals surface area contributed by atoms with Crippen molar-refractivity contribution >= 4 is 47.4 Å². The first kappa shape index (κ1) is 23.9. The number of aryl methyl sites for hydroxylation is 1. The molecule has 0 atom stereocenters. The van der Waals surface area contributed by atoms with Crippen LogP contribution in [0.4, 0.5) is 4.79 Å².